The van der Waals surface area contributed by atoms with Crippen LogP contribution in [0.2, 0.25) is 0 Å². The molecule has 0 bridgehead atoms. The van der Waals surface area contributed by atoms with Gasteiger partial charge in [0.05, 0.1) is 28.0 Å². The molecule has 2 N–H and O–H groups in total. The van der Waals surface area contributed by atoms with Crippen LogP contribution in [0, 0.1) is 23.7 Å². The van der Waals surface area contributed by atoms with E-state index in [-0.39, 0.29) is 34.3 Å². The number of hydrogen-bond acceptors (Lipinski definition) is 7. The molecule has 6 atom stereocenters. The molecular formula is C21H36N2O5S2. The second kappa shape index (κ2) is 9.39. The Morgan fingerprint density at radius 2 is 1.27 bits per heavy atom. The summed E-state index contributed by atoms with van der Waals surface area (Å²) < 4.78 is 47.1. The first-order chi connectivity index (χ1) is 14.0. The Morgan fingerprint density at radius 3 is 1.67 bits per heavy atom. The maximum Gasteiger partial charge on any atom is 0.235 e. The largest absolute Gasteiger partial charge is 0.327 e. The molecule has 6 unspecified atom stereocenters. The Kier molecular flexibility index (Phi) is 7.48. The highest BCUT2D eigenvalue weighted by Gasteiger charge is 2.41. The van der Waals surface area contributed by atoms with Gasteiger partial charge in [0.2, 0.25) is 6.08 Å². The molecule has 0 aliphatic heterocycles. The Bertz CT molecular complexity index is 848. The third-order valence-corrected chi connectivity index (χ3v) is 12.0. The molecule has 0 heterocycles. The van der Waals surface area contributed by atoms with E-state index in [1.807, 2.05) is 6.92 Å². The van der Waals surface area contributed by atoms with Crippen LogP contribution in [-0.2, 0) is 24.5 Å². The number of rotatable bonds is 7. The van der Waals surface area contributed by atoms with Gasteiger partial charge in [-0.2, -0.15) is 0 Å². The second-order valence-electron chi connectivity index (χ2n) is 10.1. The van der Waals surface area contributed by atoms with Crippen LogP contribution in [0.5, 0.6) is 0 Å². The molecule has 4 aliphatic rings. The van der Waals surface area contributed by atoms with E-state index in [4.69, 9.17) is 5.73 Å². The lowest BCUT2D eigenvalue weighted by Gasteiger charge is -2.09. The van der Waals surface area contributed by atoms with Gasteiger partial charge >= 0.3 is 0 Å². The molecule has 0 aromatic heterocycles. The molecule has 4 saturated carbocycles. The van der Waals surface area contributed by atoms with Crippen LogP contribution in [-0.4, -0.2) is 57.0 Å². The van der Waals surface area contributed by atoms with E-state index in [0.29, 0.717) is 23.5 Å². The zero-order valence-corrected chi connectivity index (χ0v) is 19.7. The van der Waals surface area contributed by atoms with E-state index in [1.165, 1.54) is 0 Å². The first-order valence-corrected chi connectivity index (χ1v) is 14.7. The minimum Gasteiger partial charge on any atom is -0.327 e. The van der Waals surface area contributed by atoms with Gasteiger partial charge in [0.25, 0.3) is 0 Å². The summed E-state index contributed by atoms with van der Waals surface area (Å²) in [5, 5.41) is -0.0777. The molecule has 4 aliphatic carbocycles. The fourth-order valence-corrected chi connectivity index (χ4v) is 9.18. The summed E-state index contributed by atoms with van der Waals surface area (Å²) in [4.78, 5) is 14.0. The predicted octanol–water partition coefficient (Wildman–Crippen LogP) is 2.25. The van der Waals surface area contributed by atoms with Gasteiger partial charge in [-0.1, -0.05) is 13.8 Å². The zero-order chi connectivity index (χ0) is 22.1. The molecule has 7 nitrogen and oxygen atoms in total. The predicted molar refractivity (Wildman–Crippen MR) is 117 cm³/mol. The smallest absolute Gasteiger partial charge is 0.235 e. The van der Waals surface area contributed by atoms with E-state index in [2.05, 4.69) is 11.9 Å². The van der Waals surface area contributed by atoms with Crippen LogP contribution in [0.15, 0.2) is 4.99 Å². The van der Waals surface area contributed by atoms with E-state index in [1.54, 1.807) is 6.08 Å². The molecule has 4 rings (SSSR count). The van der Waals surface area contributed by atoms with Crippen LogP contribution >= 0.6 is 0 Å². The molecule has 172 valence electrons. The van der Waals surface area contributed by atoms with E-state index < -0.39 is 19.7 Å². The van der Waals surface area contributed by atoms with Crippen LogP contribution in [0.3, 0.4) is 0 Å². The highest BCUT2D eigenvalue weighted by molar-refractivity contribution is 7.92. The van der Waals surface area contributed by atoms with Gasteiger partial charge < -0.3 is 5.73 Å². The van der Waals surface area contributed by atoms with Crippen molar-refractivity contribution in [3.8, 4) is 0 Å². The van der Waals surface area contributed by atoms with Crippen molar-refractivity contribution in [1.82, 2.24) is 0 Å². The Morgan fingerprint density at radius 1 is 0.800 bits per heavy atom. The Labute approximate surface area is 181 Å². The van der Waals surface area contributed by atoms with Gasteiger partial charge in [-0.15, -0.1) is 0 Å². The summed E-state index contributed by atoms with van der Waals surface area (Å²) in [7, 11) is -5.65. The summed E-state index contributed by atoms with van der Waals surface area (Å²) in [5.41, 5.74) is 5.88. The first-order valence-electron chi connectivity index (χ1n) is 11.3. The van der Waals surface area contributed by atoms with E-state index >= 15 is 0 Å². The van der Waals surface area contributed by atoms with Gasteiger partial charge in [0, 0.05) is 6.04 Å². The van der Waals surface area contributed by atoms with Gasteiger partial charge in [-0.25, -0.2) is 26.6 Å². The summed E-state index contributed by atoms with van der Waals surface area (Å²) >= 11 is 0. The molecule has 0 radical (unpaired) electrons. The molecule has 0 saturated heterocycles. The van der Waals surface area contributed by atoms with E-state index in [0.717, 1.165) is 51.4 Å². The summed E-state index contributed by atoms with van der Waals surface area (Å²) in [6.45, 7) is 4.14. The zero-order valence-electron chi connectivity index (χ0n) is 18.1. The summed E-state index contributed by atoms with van der Waals surface area (Å²) in [6.07, 6.45) is 8.50. The average molecular weight is 461 g/mol. The van der Waals surface area contributed by atoms with Crippen LogP contribution in [0.25, 0.3) is 0 Å². The van der Waals surface area contributed by atoms with Gasteiger partial charge in [-0.05, 0) is 75.0 Å². The van der Waals surface area contributed by atoms with Crippen LogP contribution < -0.4 is 5.73 Å². The van der Waals surface area contributed by atoms with Crippen molar-refractivity contribution in [3.63, 3.8) is 0 Å². The number of carbonyl (C=O) groups excluding carboxylic acids is 1. The molecule has 9 heteroatoms. The molecule has 0 aromatic carbocycles. The summed E-state index contributed by atoms with van der Waals surface area (Å²) in [5.74, 6) is 1.98. The third kappa shape index (κ3) is 6.38. The number of nitrogens with zero attached hydrogens (tertiary/aromatic N) is 1. The fraction of sp³-hybridized carbons (Fsp3) is 0.952. The lowest BCUT2D eigenvalue weighted by molar-refractivity contribution is 0.510. The molecule has 30 heavy (non-hydrogen) atoms. The lowest BCUT2D eigenvalue weighted by Crippen LogP contribution is -2.23. The molecule has 4 fully saturated rings. The van der Waals surface area contributed by atoms with Crippen molar-refractivity contribution >= 4 is 25.8 Å². The topological polar surface area (TPSA) is 124 Å². The average Bonchev–Trinajstić information content (AvgIpc) is 3.53. The van der Waals surface area contributed by atoms with Crippen molar-refractivity contribution in [1.29, 1.82) is 0 Å². The number of isocyanates is 1. The molecule has 0 aromatic rings. The highest BCUT2D eigenvalue weighted by Crippen LogP contribution is 2.38. The standard InChI is InChI=1S/C11H17NO3S.C10H19NO2S/c1-8-4-9(5-11(8)12-7-13)6-16(14,15)10-2-3-10;1-7-4-8(5-10(7)11)6-14(12,13)9-2-3-9/h8-11H,2-6H2,1H3;7-10H,2-6,11H2,1H3. The van der Waals surface area contributed by atoms with E-state index in [9.17, 15) is 21.6 Å². The number of aliphatic imine (C=N–C) groups is 1. The van der Waals surface area contributed by atoms with Gasteiger partial charge in [-0.3, -0.25) is 0 Å². The lowest BCUT2D eigenvalue weighted by atomic mass is 10.1. The Balaban J connectivity index is 0.000000172. The SMILES string of the molecule is CC1CC(CS(=O)(=O)C2CC2)CC1N.CC1CC(CS(=O)(=O)C2CC2)CC1N=C=O. The molecular weight excluding hydrogens is 424 g/mol. The number of hydrogen-bond donors (Lipinski definition) is 1. The monoisotopic (exact) mass is 460 g/mol. The first kappa shape index (κ1) is 23.9. The summed E-state index contributed by atoms with van der Waals surface area (Å²) in [6, 6.07) is 0.200. The Hall–Kier alpha value is -0.760. The van der Waals surface area contributed by atoms with Crippen LogP contribution in [0.1, 0.15) is 65.2 Å². The maximum absolute atomic E-state index is 11.8. The normalized spacial score (nSPS) is 36.6. The highest BCUT2D eigenvalue weighted by atomic mass is 32.2. The van der Waals surface area contributed by atoms with Crippen molar-refractivity contribution < 1.29 is 21.6 Å². The number of nitrogens with two attached hydrogens (primary N) is 1. The van der Waals surface area contributed by atoms with Crippen molar-refractivity contribution in [3.05, 3.63) is 0 Å². The minimum atomic E-state index is -2.87. The minimum absolute atomic E-state index is 0.00497. The molecule has 0 spiro atoms. The third-order valence-electron chi connectivity index (χ3n) is 7.20. The van der Waals surface area contributed by atoms with Gasteiger partial charge in [0.1, 0.15) is 0 Å². The molecule has 0 amide bonds. The maximum atomic E-state index is 11.8. The van der Waals surface area contributed by atoms with Gasteiger partial charge in [0.15, 0.2) is 19.7 Å². The van der Waals surface area contributed by atoms with Crippen LogP contribution in [0.4, 0.5) is 0 Å². The fourth-order valence-electron chi connectivity index (χ4n) is 5.07. The van der Waals surface area contributed by atoms with Crippen molar-refractivity contribution in [2.45, 2.75) is 87.8 Å². The van der Waals surface area contributed by atoms with Crippen molar-refractivity contribution in [2.24, 2.45) is 34.4 Å². The quantitative estimate of drug-likeness (QED) is 0.459. The number of sulfone groups is 2. The second-order valence-corrected chi connectivity index (χ2v) is 14.8. The van der Waals surface area contributed by atoms with Crippen molar-refractivity contribution in [2.75, 3.05) is 11.5 Å².